The van der Waals surface area contributed by atoms with Crippen molar-refractivity contribution in [2.45, 2.75) is 25.8 Å². The molecule has 6 heteroatoms. The highest BCUT2D eigenvalue weighted by molar-refractivity contribution is 7.89. The minimum atomic E-state index is -3.63. The van der Waals surface area contributed by atoms with E-state index in [0.29, 0.717) is 5.92 Å². The van der Waals surface area contributed by atoms with Gasteiger partial charge in [-0.05, 0) is 25.7 Å². The first kappa shape index (κ1) is 11.5. The van der Waals surface area contributed by atoms with Gasteiger partial charge in [0.15, 0.2) is 5.75 Å². The van der Waals surface area contributed by atoms with Crippen LogP contribution >= 0.6 is 0 Å². The smallest absolute Gasteiger partial charge is 0.320 e. The molecule has 0 aromatic rings. The van der Waals surface area contributed by atoms with Crippen LogP contribution < -0.4 is 0 Å². The number of nitrogens with zero attached hydrogens (tertiary/aromatic N) is 1. The Morgan fingerprint density at radius 2 is 2.07 bits per heavy atom. The summed E-state index contributed by atoms with van der Waals surface area (Å²) in [4.78, 5) is 10.3. The third kappa shape index (κ3) is 2.68. The van der Waals surface area contributed by atoms with Gasteiger partial charge in [0.2, 0.25) is 10.0 Å². The lowest BCUT2D eigenvalue weighted by Crippen LogP contribution is -2.39. The molecular weight excluding hydrogens is 206 g/mol. The van der Waals surface area contributed by atoms with Crippen LogP contribution in [0.1, 0.15) is 19.8 Å². The largest absolute Gasteiger partial charge is 0.480 e. The third-order valence-electron chi connectivity index (χ3n) is 2.62. The first-order chi connectivity index (χ1) is 6.34. The second-order valence-electron chi connectivity index (χ2n) is 3.74. The van der Waals surface area contributed by atoms with Crippen LogP contribution in [0.4, 0.5) is 0 Å². The van der Waals surface area contributed by atoms with Crippen molar-refractivity contribution in [3.05, 3.63) is 0 Å². The topological polar surface area (TPSA) is 74.7 Å². The Hall–Kier alpha value is -0.620. The minimum absolute atomic E-state index is 0.0839. The van der Waals surface area contributed by atoms with Crippen LogP contribution in [0, 0.1) is 5.92 Å². The first-order valence-corrected chi connectivity index (χ1v) is 6.13. The molecule has 0 bridgehead atoms. The van der Waals surface area contributed by atoms with E-state index in [9.17, 15) is 13.2 Å². The molecule has 82 valence electrons. The molecule has 0 saturated heterocycles. The zero-order valence-electron chi connectivity index (χ0n) is 8.30. The van der Waals surface area contributed by atoms with Crippen molar-refractivity contribution >= 4 is 16.0 Å². The van der Waals surface area contributed by atoms with Crippen molar-refractivity contribution in [1.82, 2.24) is 4.31 Å². The number of aliphatic carboxylic acids is 1. The molecule has 0 aliphatic heterocycles. The maximum Gasteiger partial charge on any atom is 0.320 e. The molecule has 0 aromatic heterocycles. The van der Waals surface area contributed by atoms with Gasteiger partial charge >= 0.3 is 5.97 Å². The molecule has 0 heterocycles. The summed E-state index contributed by atoms with van der Waals surface area (Å²) in [5, 5.41) is 8.43. The molecule has 1 saturated carbocycles. The van der Waals surface area contributed by atoms with E-state index in [-0.39, 0.29) is 6.04 Å². The molecule has 5 nitrogen and oxygen atoms in total. The Balaban J connectivity index is 2.65. The van der Waals surface area contributed by atoms with Crippen molar-refractivity contribution in [2.24, 2.45) is 5.92 Å². The van der Waals surface area contributed by atoms with Crippen molar-refractivity contribution in [1.29, 1.82) is 0 Å². The number of hydrogen-bond acceptors (Lipinski definition) is 3. The van der Waals surface area contributed by atoms with E-state index >= 15 is 0 Å². The van der Waals surface area contributed by atoms with Gasteiger partial charge in [-0.15, -0.1) is 0 Å². The van der Waals surface area contributed by atoms with Gasteiger partial charge in [-0.1, -0.05) is 0 Å². The molecule has 1 fully saturated rings. The number of rotatable bonds is 5. The normalized spacial score (nSPS) is 19.6. The van der Waals surface area contributed by atoms with Crippen LogP contribution in [0.25, 0.3) is 0 Å². The number of sulfonamides is 1. The molecule has 0 aromatic carbocycles. The summed E-state index contributed by atoms with van der Waals surface area (Å²) in [7, 11) is -2.18. The zero-order valence-corrected chi connectivity index (χ0v) is 9.12. The van der Waals surface area contributed by atoms with Crippen LogP contribution in [0.15, 0.2) is 0 Å². The van der Waals surface area contributed by atoms with Gasteiger partial charge in [0, 0.05) is 13.1 Å². The quantitative estimate of drug-likeness (QED) is 0.716. The van der Waals surface area contributed by atoms with Crippen molar-refractivity contribution in [3.63, 3.8) is 0 Å². The molecule has 14 heavy (non-hydrogen) atoms. The van der Waals surface area contributed by atoms with Gasteiger partial charge in [0.25, 0.3) is 0 Å². The standard InChI is InChI=1S/C8H15NO4S/c1-6(7-3-4-7)9(2)14(12,13)5-8(10)11/h6-7H,3-5H2,1-2H3,(H,10,11). The fraction of sp³-hybridized carbons (Fsp3) is 0.875. The average Bonchev–Trinajstić information content (AvgIpc) is 2.81. The van der Waals surface area contributed by atoms with Gasteiger partial charge < -0.3 is 5.11 Å². The summed E-state index contributed by atoms with van der Waals surface area (Å²) >= 11 is 0. The SMILES string of the molecule is CC(C1CC1)N(C)S(=O)(=O)CC(=O)O. The van der Waals surface area contributed by atoms with Gasteiger partial charge in [-0.25, -0.2) is 12.7 Å². The Labute approximate surface area is 83.8 Å². The van der Waals surface area contributed by atoms with E-state index < -0.39 is 21.7 Å². The summed E-state index contributed by atoms with van der Waals surface area (Å²) in [5.74, 6) is -1.72. The Morgan fingerprint density at radius 1 is 1.57 bits per heavy atom. The van der Waals surface area contributed by atoms with Crippen molar-refractivity contribution < 1.29 is 18.3 Å². The number of carboxylic acids is 1. The summed E-state index contributed by atoms with van der Waals surface area (Å²) in [5.41, 5.74) is 0. The van der Waals surface area contributed by atoms with Crippen molar-refractivity contribution in [2.75, 3.05) is 12.8 Å². The maximum absolute atomic E-state index is 11.5. The summed E-state index contributed by atoms with van der Waals surface area (Å²) in [6.45, 7) is 1.82. The maximum atomic E-state index is 11.5. The lowest BCUT2D eigenvalue weighted by atomic mass is 10.2. The predicted molar refractivity (Wildman–Crippen MR) is 51.4 cm³/mol. The van der Waals surface area contributed by atoms with Gasteiger partial charge in [0.05, 0.1) is 0 Å². The highest BCUT2D eigenvalue weighted by Gasteiger charge is 2.35. The van der Waals surface area contributed by atoms with E-state index in [1.807, 2.05) is 6.92 Å². The highest BCUT2D eigenvalue weighted by Crippen LogP contribution is 2.35. The second-order valence-corrected chi connectivity index (χ2v) is 5.77. The zero-order chi connectivity index (χ0) is 10.9. The number of carbonyl (C=O) groups is 1. The van der Waals surface area contributed by atoms with Gasteiger partial charge in [0.1, 0.15) is 0 Å². The first-order valence-electron chi connectivity index (χ1n) is 4.52. The van der Waals surface area contributed by atoms with Crippen LogP contribution in [0.5, 0.6) is 0 Å². The second kappa shape index (κ2) is 3.86. The van der Waals surface area contributed by atoms with Crippen LogP contribution in [-0.2, 0) is 14.8 Å². The molecule has 0 radical (unpaired) electrons. The highest BCUT2D eigenvalue weighted by atomic mass is 32.2. The monoisotopic (exact) mass is 221 g/mol. The molecule has 0 amide bonds. The van der Waals surface area contributed by atoms with Gasteiger partial charge in [-0.3, -0.25) is 4.79 Å². The molecule has 1 rings (SSSR count). The summed E-state index contributed by atoms with van der Waals surface area (Å²) in [6.07, 6.45) is 2.07. The fourth-order valence-corrected chi connectivity index (χ4v) is 2.58. The van der Waals surface area contributed by atoms with Crippen LogP contribution in [0.2, 0.25) is 0 Å². The molecular formula is C8H15NO4S. The summed E-state index contributed by atoms with van der Waals surface area (Å²) in [6, 6.07) is -0.0839. The Bertz CT molecular complexity index is 320. The lowest BCUT2D eigenvalue weighted by molar-refractivity contribution is -0.134. The molecule has 1 aliphatic carbocycles. The number of carboxylic acid groups (broad SMARTS) is 1. The Kier molecular flexibility index (Phi) is 3.16. The average molecular weight is 221 g/mol. The van der Waals surface area contributed by atoms with Crippen molar-refractivity contribution in [3.8, 4) is 0 Å². The van der Waals surface area contributed by atoms with E-state index in [1.165, 1.54) is 11.4 Å². The molecule has 1 atom stereocenters. The summed E-state index contributed by atoms with van der Waals surface area (Å²) < 4.78 is 24.1. The fourth-order valence-electron chi connectivity index (χ4n) is 1.39. The number of hydrogen-bond donors (Lipinski definition) is 1. The molecule has 1 N–H and O–H groups in total. The third-order valence-corrected chi connectivity index (χ3v) is 4.44. The minimum Gasteiger partial charge on any atom is -0.480 e. The van der Waals surface area contributed by atoms with Crippen LogP contribution in [-0.4, -0.2) is 42.6 Å². The predicted octanol–water partition coefficient (Wildman–Crippen LogP) is 0.131. The van der Waals surface area contributed by atoms with E-state index in [1.54, 1.807) is 0 Å². The molecule has 1 aliphatic rings. The Morgan fingerprint density at radius 3 is 2.43 bits per heavy atom. The molecule has 0 spiro atoms. The van der Waals surface area contributed by atoms with Crippen LogP contribution in [0.3, 0.4) is 0 Å². The van der Waals surface area contributed by atoms with E-state index in [4.69, 9.17) is 5.11 Å². The molecule has 1 unspecified atom stereocenters. The van der Waals surface area contributed by atoms with Gasteiger partial charge in [-0.2, -0.15) is 0 Å². The lowest BCUT2D eigenvalue weighted by Gasteiger charge is -2.23. The van der Waals surface area contributed by atoms with E-state index in [2.05, 4.69) is 0 Å². The van der Waals surface area contributed by atoms with E-state index in [0.717, 1.165) is 12.8 Å².